The van der Waals surface area contributed by atoms with Crippen molar-refractivity contribution in [3.8, 4) is 0 Å². The van der Waals surface area contributed by atoms with Crippen LogP contribution in [0.2, 0.25) is 15.1 Å². The van der Waals surface area contributed by atoms with Crippen LogP contribution < -0.4 is 4.90 Å². The second-order valence-corrected chi connectivity index (χ2v) is 9.26. The molecule has 1 fully saturated rings. The van der Waals surface area contributed by atoms with Crippen LogP contribution in [0.4, 0.5) is 5.69 Å². The minimum atomic E-state index is -0.0213. The van der Waals surface area contributed by atoms with Crippen molar-refractivity contribution in [3.63, 3.8) is 0 Å². The maximum atomic E-state index is 12.9. The smallest absolute Gasteiger partial charge is 0.227 e. The van der Waals surface area contributed by atoms with Gasteiger partial charge in [0.1, 0.15) is 0 Å². The highest BCUT2D eigenvalue weighted by molar-refractivity contribution is 7.10. The number of piperazine rings is 1. The summed E-state index contributed by atoms with van der Waals surface area (Å²) in [7, 11) is 0. The lowest BCUT2D eigenvalue weighted by atomic mass is 10.0. The van der Waals surface area contributed by atoms with Crippen molar-refractivity contribution in [3.05, 3.63) is 85.5 Å². The lowest BCUT2D eigenvalue weighted by Crippen LogP contribution is -2.51. The summed E-state index contributed by atoms with van der Waals surface area (Å²) in [6.07, 6.45) is 0.437. The third-order valence-corrected chi connectivity index (χ3v) is 6.78. The van der Waals surface area contributed by atoms with E-state index in [1.165, 1.54) is 0 Å². The zero-order valence-electron chi connectivity index (χ0n) is 15.5. The van der Waals surface area contributed by atoms with Crippen LogP contribution in [-0.4, -0.2) is 30.4 Å². The third kappa shape index (κ3) is 4.72. The normalized spacial score (nSPS) is 16.9. The van der Waals surface area contributed by atoms with Gasteiger partial charge in [-0.3, -0.25) is 4.79 Å². The zero-order chi connectivity index (χ0) is 20.4. The molecule has 1 atom stereocenters. The molecule has 0 spiro atoms. The maximum absolute atomic E-state index is 12.9. The predicted molar refractivity (Wildman–Crippen MR) is 123 cm³/mol. The summed E-state index contributed by atoms with van der Waals surface area (Å²) >= 11 is 20.3. The first kappa shape index (κ1) is 20.5. The molecule has 1 saturated heterocycles. The van der Waals surface area contributed by atoms with Gasteiger partial charge in [0, 0.05) is 34.6 Å². The van der Waals surface area contributed by atoms with E-state index in [0.717, 1.165) is 16.1 Å². The van der Waals surface area contributed by atoms with Gasteiger partial charge in [-0.2, -0.15) is 0 Å². The van der Waals surface area contributed by atoms with Gasteiger partial charge in [-0.1, -0.05) is 53.0 Å². The average Bonchev–Trinajstić information content (AvgIpc) is 3.21. The Morgan fingerprint density at radius 1 is 1.00 bits per heavy atom. The van der Waals surface area contributed by atoms with E-state index in [9.17, 15) is 4.79 Å². The van der Waals surface area contributed by atoms with E-state index >= 15 is 0 Å². The van der Waals surface area contributed by atoms with E-state index in [1.54, 1.807) is 17.4 Å². The topological polar surface area (TPSA) is 23.6 Å². The van der Waals surface area contributed by atoms with Gasteiger partial charge >= 0.3 is 0 Å². The number of benzene rings is 2. The van der Waals surface area contributed by atoms with Crippen LogP contribution in [0, 0.1) is 0 Å². The largest absolute Gasteiger partial charge is 0.360 e. The average molecular weight is 466 g/mol. The Morgan fingerprint density at radius 2 is 1.76 bits per heavy atom. The number of rotatable bonds is 4. The molecule has 1 unspecified atom stereocenters. The van der Waals surface area contributed by atoms with Gasteiger partial charge in [0.05, 0.1) is 23.2 Å². The molecule has 3 aromatic rings. The van der Waals surface area contributed by atoms with Crippen LogP contribution in [0.5, 0.6) is 0 Å². The molecule has 1 aromatic heterocycles. The third-order valence-electron chi connectivity index (χ3n) is 5.11. The number of carbonyl (C=O) groups is 1. The predicted octanol–water partition coefficient (Wildman–Crippen LogP) is 6.34. The van der Waals surface area contributed by atoms with Crippen LogP contribution in [0.25, 0.3) is 0 Å². The molecule has 0 radical (unpaired) electrons. The highest BCUT2D eigenvalue weighted by atomic mass is 35.5. The molecule has 0 saturated carbocycles. The number of thiophene rings is 1. The van der Waals surface area contributed by atoms with Gasteiger partial charge in [0.15, 0.2) is 0 Å². The fraction of sp³-hybridized carbons (Fsp3) is 0.227. The van der Waals surface area contributed by atoms with Crippen molar-refractivity contribution in [1.82, 2.24) is 4.90 Å². The second-order valence-electron chi connectivity index (χ2n) is 6.95. The molecule has 1 amide bonds. The van der Waals surface area contributed by atoms with Crippen molar-refractivity contribution in [2.75, 3.05) is 24.5 Å². The molecule has 0 aliphatic carbocycles. The number of hydrogen-bond donors (Lipinski definition) is 0. The van der Waals surface area contributed by atoms with Crippen LogP contribution >= 0.6 is 46.1 Å². The van der Waals surface area contributed by atoms with Gasteiger partial charge in [0.25, 0.3) is 0 Å². The highest BCUT2D eigenvalue weighted by Crippen LogP contribution is 2.37. The molecule has 4 rings (SSSR count). The van der Waals surface area contributed by atoms with E-state index in [2.05, 4.69) is 4.90 Å². The van der Waals surface area contributed by atoms with Crippen molar-refractivity contribution < 1.29 is 4.79 Å². The quantitative estimate of drug-likeness (QED) is 0.449. The minimum Gasteiger partial charge on any atom is -0.360 e. The Morgan fingerprint density at radius 3 is 2.45 bits per heavy atom. The molecule has 0 N–H and O–H groups in total. The molecule has 1 aliphatic heterocycles. The van der Waals surface area contributed by atoms with Crippen molar-refractivity contribution >= 4 is 57.7 Å². The fourth-order valence-corrected chi connectivity index (χ4v) is 5.00. The Balaban J connectivity index is 1.62. The van der Waals surface area contributed by atoms with Gasteiger partial charge in [-0.05, 0) is 47.3 Å². The van der Waals surface area contributed by atoms with Crippen molar-refractivity contribution in [2.45, 2.75) is 12.5 Å². The molecule has 3 nitrogen and oxygen atoms in total. The molecule has 2 heterocycles. The first-order valence-electron chi connectivity index (χ1n) is 9.28. The van der Waals surface area contributed by atoms with E-state index in [-0.39, 0.29) is 11.9 Å². The molecule has 7 heteroatoms. The Labute approximate surface area is 189 Å². The minimum absolute atomic E-state index is 0.0213. The van der Waals surface area contributed by atoms with Crippen molar-refractivity contribution in [1.29, 1.82) is 0 Å². The zero-order valence-corrected chi connectivity index (χ0v) is 18.6. The van der Waals surface area contributed by atoms with Crippen molar-refractivity contribution in [2.24, 2.45) is 0 Å². The number of anilines is 1. The van der Waals surface area contributed by atoms with E-state index in [1.807, 2.05) is 58.8 Å². The summed E-state index contributed by atoms with van der Waals surface area (Å²) in [6, 6.07) is 17.3. The van der Waals surface area contributed by atoms with Gasteiger partial charge < -0.3 is 9.80 Å². The Hall–Kier alpha value is -1.72. The van der Waals surface area contributed by atoms with Crippen LogP contribution in [0.3, 0.4) is 0 Å². The van der Waals surface area contributed by atoms with Gasteiger partial charge in [-0.15, -0.1) is 11.3 Å². The van der Waals surface area contributed by atoms with Crippen LogP contribution in [0.1, 0.15) is 16.5 Å². The van der Waals surface area contributed by atoms with E-state index in [4.69, 9.17) is 34.8 Å². The molecular weight excluding hydrogens is 447 g/mol. The SMILES string of the molecule is O=C(Cc1cccs1)N1CCN(c2ccc(Cl)cc2Cl)C(c2ccc(Cl)cc2)C1. The number of carbonyl (C=O) groups excluding carboxylic acids is 1. The first-order chi connectivity index (χ1) is 14.0. The van der Waals surface area contributed by atoms with Gasteiger partial charge in [0.2, 0.25) is 5.91 Å². The Kier molecular flexibility index (Phi) is 6.35. The number of halogens is 3. The molecule has 2 aromatic carbocycles. The first-order valence-corrected chi connectivity index (χ1v) is 11.3. The second kappa shape index (κ2) is 8.97. The fourth-order valence-electron chi connectivity index (χ4n) is 3.66. The molecular formula is C22H19Cl3N2OS. The van der Waals surface area contributed by atoms with Crippen LogP contribution in [0.15, 0.2) is 60.0 Å². The Bertz CT molecular complexity index is 992. The lowest BCUT2D eigenvalue weighted by Gasteiger charge is -2.43. The maximum Gasteiger partial charge on any atom is 0.227 e. The number of nitrogens with zero attached hydrogens (tertiary/aromatic N) is 2. The molecule has 150 valence electrons. The number of hydrogen-bond acceptors (Lipinski definition) is 3. The van der Waals surface area contributed by atoms with Crippen LogP contribution in [-0.2, 0) is 11.2 Å². The standard InChI is InChI=1S/C22H19Cl3N2OS/c23-16-5-3-15(4-6-16)21-14-26(22(28)13-18-2-1-11-29-18)9-10-27(21)20-8-7-17(24)12-19(20)25/h1-8,11-12,21H,9-10,13-14H2. The highest BCUT2D eigenvalue weighted by Gasteiger charge is 2.32. The van der Waals surface area contributed by atoms with E-state index in [0.29, 0.717) is 41.1 Å². The molecule has 0 bridgehead atoms. The summed E-state index contributed by atoms with van der Waals surface area (Å²) in [5.74, 6) is 0.147. The summed E-state index contributed by atoms with van der Waals surface area (Å²) in [4.78, 5) is 18.2. The monoisotopic (exact) mass is 464 g/mol. The van der Waals surface area contributed by atoms with Gasteiger partial charge in [-0.25, -0.2) is 0 Å². The lowest BCUT2D eigenvalue weighted by molar-refractivity contribution is -0.131. The molecule has 1 aliphatic rings. The summed E-state index contributed by atoms with van der Waals surface area (Å²) in [5, 5.41) is 3.90. The summed E-state index contributed by atoms with van der Waals surface area (Å²) in [5.41, 5.74) is 2.01. The summed E-state index contributed by atoms with van der Waals surface area (Å²) in [6.45, 7) is 1.92. The molecule has 29 heavy (non-hydrogen) atoms. The summed E-state index contributed by atoms with van der Waals surface area (Å²) < 4.78 is 0. The number of amides is 1. The van der Waals surface area contributed by atoms with E-state index < -0.39 is 0 Å².